The number of methoxy groups -OCH3 is 1. The van der Waals surface area contributed by atoms with Crippen LogP contribution in [0.4, 0.5) is 5.82 Å². The number of rotatable bonds is 6. The van der Waals surface area contributed by atoms with E-state index in [1.54, 1.807) is 7.11 Å². The maximum atomic E-state index is 5.38. The first-order chi connectivity index (χ1) is 9.72. The normalized spacial score (nSPS) is 10.6. The van der Waals surface area contributed by atoms with Crippen molar-refractivity contribution < 1.29 is 4.74 Å². The minimum Gasteiger partial charge on any atom is -0.496 e. The van der Waals surface area contributed by atoms with Gasteiger partial charge in [0.1, 0.15) is 11.6 Å². The highest BCUT2D eigenvalue weighted by Gasteiger charge is 2.07. The minimum absolute atomic E-state index is 0.799. The summed E-state index contributed by atoms with van der Waals surface area (Å²) in [5.41, 5.74) is 2.23. The SMILES string of the molecule is CNc1cccc(CN(C)Cc2ccccc2OC)n1. The van der Waals surface area contributed by atoms with Crippen molar-refractivity contribution in [1.29, 1.82) is 0 Å². The van der Waals surface area contributed by atoms with Crippen molar-refractivity contribution in [2.24, 2.45) is 0 Å². The Morgan fingerprint density at radius 1 is 1.10 bits per heavy atom. The molecule has 0 aliphatic heterocycles. The fourth-order valence-corrected chi connectivity index (χ4v) is 2.16. The minimum atomic E-state index is 0.799. The molecule has 1 N–H and O–H groups in total. The van der Waals surface area contributed by atoms with E-state index in [0.29, 0.717) is 0 Å². The number of para-hydroxylation sites is 1. The van der Waals surface area contributed by atoms with Gasteiger partial charge in [0.15, 0.2) is 0 Å². The van der Waals surface area contributed by atoms with Crippen LogP contribution in [0.1, 0.15) is 11.3 Å². The largest absolute Gasteiger partial charge is 0.496 e. The average Bonchev–Trinajstić information content (AvgIpc) is 2.48. The van der Waals surface area contributed by atoms with Gasteiger partial charge in [-0.2, -0.15) is 0 Å². The first kappa shape index (κ1) is 14.3. The monoisotopic (exact) mass is 271 g/mol. The van der Waals surface area contributed by atoms with Gasteiger partial charge in [-0.1, -0.05) is 24.3 Å². The number of hydrogen-bond acceptors (Lipinski definition) is 4. The summed E-state index contributed by atoms with van der Waals surface area (Å²) in [6.07, 6.45) is 0. The molecule has 0 radical (unpaired) electrons. The van der Waals surface area contributed by atoms with Crippen molar-refractivity contribution in [1.82, 2.24) is 9.88 Å². The third-order valence-electron chi connectivity index (χ3n) is 3.13. The van der Waals surface area contributed by atoms with Gasteiger partial charge in [-0.3, -0.25) is 4.90 Å². The third-order valence-corrected chi connectivity index (χ3v) is 3.13. The quantitative estimate of drug-likeness (QED) is 0.876. The van der Waals surface area contributed by atoms with Crippen LogP contribution in [0.3, 0.4) is 0 Å². The van der Waals surface area contributed by atoms with Gasteiger partial charge in [-0.05, 0) is 25.2 Å². The second kappa shape index (κ2) is 6.91. The molecule has 4 nitrogen and oxygen atoms in total. The summed E-state index contributed by atoms with van der Waals surface area (Å²) in [5.74, 6) is 1.82. The summed E-state index contributed by atoms with van der Waals surface area (Å²) < 4.78 is 5.38. The van der Waals surface area contributed by atoms with Crippen LogP contribution in [0.2, 0.25) is 0 Å². The molecule has 106 valence electrons. The molecule has 0 spiro atoms. The standard InChI is InChI=1S/C16H21N3O/c1-17-16-10-6-8-14(18-16)12-19(2)11-13-7-4-5-9-15(13)20-3/h4-10H,11-12H2,1-3H3,(H,17,18). The van der Waals surface area contributed by atoms with E-state index in [1.807, 2.05) is 43.4 Å². The third kappa shape index (κ3) is 3.71. The van der Waals surface area contributed by atoms with Crippen LogP contribution in [-0.2, 0) is 13.1 Å². The zero-order chi connectivity index (χ0) is 14.4. The van der Waals surface area contributed by atoms with Gasteiger partial charge in [-0.15, -0.1) is 0 Å². The highest BCUT2D eigenvalue weighted by Crippen LogP contribution is 2.19. The number of pyridine rings is 1. The lowest BCUT2D eigenvalue weighted by molar-refractivity contribution is 0.307. The molecular formula is C16H21N3O. The smallest absolute Gasteiger partial charge is 0.126 e. The van der Waals surface area contributed by atoms with Crippen LogP contribution in [0.15, 0.2) is 42.5 Å². The molecule has 2 aromatic rings. The summed E-state index contributed by atoms with van der Waals surface area (Å²) in [4.78, 5) is 6.75. The van der Waals surface area contributed by atoms with Crippen molar-refractivity contribution >= 4 is 5.82 Å². The molecule has 0 aliphatic rings. The van der Waals surface area contributed by atoms with Gasteiger partial charge in [0.2, 0.25) is 0 Å². The van der Waals surface area contributed by atoms with Crippen molar-refractivity contribution in [3.8, 4) is 5.75 Å². The van der Waals surface area contributed by atoms with E-state index in [0.717, 1.165) is 30.4 Å². The first-order valence-electron chi connectivity index (χ1n) is 6.67. The summed E-state index contributed by atoms with van der Waals surface area (Å²) in [5, 5.41) is 3.06. The molecular weight excluding hydrogens is 250 g/mol. The van der Waals surface area contributed by atoms with Crippen molar-refractivity contribution in [2.75, 3.05) is 26.5 Å². The van der Waals surface area contributed by atoms with Crippen molar-refractivity contribution in [3.05, 3.63) is 53.7 Å². The highest BCUT2D eigenvalue weighted by atomic mass is 16.5. The van der Waals surface area contributed by atoms with E-state index in [1.165, 1.54) is 5.56 Å². The van der Waals surface area contributed by atoms with Gasteiger partial charge in [0.05, 0.1) is 12.8 Å². The molecule has 4 heteroatoms. The molecule has 0 fully saturated rings. The van der Waals surface area contributed by atoms with E-state index >= 15 is 0 Å². The van der Waals surface area contributed by atoms with Crippen LogP contribution in [0, 0.1) is 0 Å². The van der Waals surface area contributed by atoms with E-state index < -0.39 is 0 Å². The molecule has 2 rings (SSSR count). The van der Waals surface area contributed by atoms with Crippen LogP contribution in [0.25, 0.3) is 0 Å². The molecule has 0 atom stereocenters. The van der Waals surface area contributed by atoms with Crippen LogP contribution in [-0.4, -0.2) is 31.1 Å². The highest BCUT2D eigenvalue weighted by molar-refractivity contribution is 5.35. The van der Waals surface area contributed by atoms with Gasteiger partial charge < -0.3 is 10.1 Å². The van der Waals surface area contributed by atoms with Gasteiger partial charge in [-0.25, -0.2) is 4.98 Å². The van der Waals surface area contributed by atoms with Gasteiger partial charge >= 0.3 is 0 Å². The predicted molar refractivity (Wildman–Crippen MR) is 81.9 cm³/mol. The maximum Gasteiger partial charge on any atom is 0.126 e. The number of aromatic nitrogens is 1. The molecule has 1 heterocycles. The first-order valence-corrected chi connectivity index (χ1v) is 6.67. The van der Waals surface area contributed by atoms with Gasteiger partial charge in [0, 0.05) is 25.7 Å². The fourth-order valence-electron chi connectivity index (χ4n) is 2.16. The lowest BCUT2D eigenvalue weighted by atomic mass is 10.2. The number of ether oxygens (including phenoxy) is 1. The summed E-state index contributed by atoms with van der Waals surface area (Å²) in [6, 6.07) is 14.1. The number of anilines is 1. The lowest BCUT2D eigenvalue weighted by Crippen LogP contribution is -2.18. The molecule has 0 aliphatic carbocycles. The van der Waals surface area contributed by atoms with Gasteiger partial charge in [0.25, 0.3) is 0 Å². The van der Waals surface area contributed by atoms with E-state index in [2.05, 4.69) is 28.3 Å². The second-order valence-electron chi connectivity index (χ2n) is 4.75. The Labute approximate surface area is 120 Å². The predicted octanol–water partition coefficient (Wildman–Crippen LogP) is 2.76. The maximum absolute atomic E-state index is 5.38. The molecule has 0 saturated heterocycles. The van der Waals surface area contributed by atoms with E-state index in [9.17, 15) is 0 Å². The Kier molecular flexibility index (Phi) is 4.96. The number of nitrogens with zero attached hydrogens (tertiary/aromatic N) is 2. The molecule has 0 amide bonds. The Balaban J connectivity index is 2.03. The van der Waals surface area contributed by atoms with Crippen LogP contribution in [0.5, 0.6) is 5.75 Å². The average molecular weight is 271 g/mol. The van der Waals surface area contributed by atoms with Crippen molar-refractivity contribution in [3.63, 3.8) is 0 Å². The second-order valence-corrected chi connectivity index (χ2v) is 4.75. The Hall–Kier alpha value is -2.07. The molecule has 0 bridgehead atoms. The molecule has 0 saturated carbocycles. The Bertz CT molecular complexity index is 557. The number of hydrogen-bond donors (Lipinski definition) is 1. The van der Waals surface area contributed by atoms with Crippen LogP contribution >= 0.6 is 0 Å². The lowest BCUT2D eigenvalue weighted by Gasteiger charge is -2.18. The zero-order valence-corrected chi connectivity index (χ0v) is 12.3. The summed E-state index contributed by atoms with van der Waals surface area (Å²) >= 11 is 0. The number of benzene rings is 1. The van der Waals surface area contributed by atoms with Crippen molar-refractivity contribution in [2.45, 2.75) is 13.1 Å². The van der Waals surface area contributed by atoms with E-state index in [4.69, 9.17) is 4.74 Å². The molecule has 0 unspecified atom stereocenters. The summed E-state index contributed by atoms with van der Waals surface area (Å²) in [7, 11) is 5.67. The van der Waals surface area contributed by atoms with Crippen LogP contribution < -0.4 is 10.1 Å². The topological polar surface area (TPSA) is 37.4 Å². The zero-order valence-electron chi connectivity index (χ0n) is 12.3. The van der Waals surface area contributed by atoms with E-state index in [-0.39, 0.29) is 0 Å². The molecule has 20 heavy (non-hydrogen) atoms. The summed E-state index contributed by atoms with van der Waals surface area (Å²) in [6.45, 7) is 1.63. The Morgan fingerprint density at radius 3 is 2.65 bits per heavy atom. The number of nitrogens with one attached hydrogen (secondary N) is 1. The molecule has 1 aromatic heterocycles. The molecule has 1 aromatic carbocycles. The Morgan fingerprint density at radius 2 is 1.90 bits per heavy atom. The fraction of sp³-hybridized carbons (Fsp3) is 0.312.